The zero-order valence-corrected chi connectivity index (χ0v) is 15.8. The molecule has 0 atom stereocenters. The van der Waals surface area contributed by atoms with Crippen LogP contribution in [0.15, 0.2) is 17.0 Å². The molecule has 3 aromatic rings. The summed E-state index contributed by atoms with van der Waals surface area (Å²) in [7, 11) is 1.87. The smallest absolute Gasteiger partial charge is 0.223 e. The highest BCUT2D eigenvalue weighted by Gasteiger charge is 2.24. The molecule has 3 aromatic heterocycles. The van der Waals surface area contributed by atoms with E-state index in [4.69, 9.17) is 4.52 Å². The average molecular weight is 369 g/mol. The first kappa shape index (κ1) is 17.4. The quantitative estimate of drug-likeness (QED) is 0.683. The van der Waals surface area contributed by atoms with E-state index in [1.165, 1.54) is 0 Å². The van der Waals surface area contributed by atoms with E-state index in [0.717, 1.165) is 47.0 Å². The first-order valence-corrected chi connectivity index (χ1v) is 9.11. The first-order valence-electron chi connectivity index (χ1n) is 9.11. The standard InChI is InChI=1S/C18H23N7O2/c1-12-14(13(2)27-22-12)4-5-16(26)24-6-8-25(9-7-24)18-15-10-21-23(3)17(15)19-11-20-18/h10-11H,4-9H2,1-3H3. The van der Waals surface area contributed by atoms with Crippen molar-refractivity contribution in [2.45, 2.75) is 26.7 Å². The maximum Gasteiger partial charge on any atom is 0.223 e. The largest absolute Gasteiger partial charge is 0.361 e. The Balaban J connectivity index is 1.38. The molecule has 4 rings (SSSR count). The molecule has 9 heteroatoms. The molecule has 142 valence electrons. The molecule has 4 heterocycles. The Bertz CT molecular complexity index is 950. The van der Waals surface area contributed by atoms with Crippen LogP contribution in [-0.2, 0) is 18.3 Å². The van der Waals surface area contributed by atoms with Crippen molar-refractivity contribution in [3.8, 4) is 0 Å². The van der Waals surface area contributed by atoms with Crippen LogP contribution in [0.5, 0.6) is 0 Å². The van der Waals surface area contributed by atoms with Crippen molar-refractivity contribution in [1.29, 1.82) is 0 Å². The lowest BCUT2D eigenvalue weighted by atomic mass is 10.1. The Kier molecular flexibility index (Phi) is 4.51. The summed E-state index contributed by atoms with van der Waals surface area (Å²) < 4.78 is 6.92. The number of amides is 1. The molecular formula is C18H23N7O2. The first-order chi connectivity index (χ1) is 13.0. The summed E-state index contributed by atoms with van der Waals surface area (Å²) in [5.74, 6) is 1.86. The van der Waals surface area contributed by atoms with Gasteiger partial charge < -0.3 is 14.3 Å². The van der Waals surface area contributed by atoms with Crippen molar-refractivity contribution in [1.82, 2.24) is 29.8 Å². The van der Waals surface area contributed by atoms with Crippen LogP contribution >= 0.6 is 0 Å². The van der Waals surface area contributed by atoms with E-state index >= 15 is 0 Å². The fraction of sp³-hybridized carbons (Fsp3) is 0.500. The molecule has 27 heavy (non-hydrogen) atoms. The molecule has 0 radical (unpaired) electrons. The van der Waals surface area contributed by atoms with Crippen LogP contribution in [-0.4, -0.2) is 61.9 Å². The van der Waals surface area contributed by atoms with Gasteiger partial charge >= 0.3 is 0 Å². The van der Waals surface area contributed by atoms with Crippen LogP contribution in [0.3, 0.4) is 0 Å². The monoisotopic (exact) mass is 369 g/mol. The van der Waals surface area contributed by atoms with Crippen molar-refractivity contribution >= 4 is 22.8 Å². The summed E-state index contributed by atoms with van der Waals surface area (Å²) in [6.45, 7) is 6.67. The van der Waals surface area contributed by atoms with Gasteiger partial charge in [0.25, 0.3) is 0 Å². The van der Waals surface area contributed by atoms with E-state index in [1.54, 1.807) is 17.2 Å². The van der Waals surface area contributed by atoms with E-state index in [9.17, 15) is 4.79 Å². The fourth-order valence-electron chi connectivity index (χ4n) is 3.62. The Morgan fingerprint density at radius 2 is 1.96 bits per heavy atom. The SMILES string of the molecule is Cc1noc(C)c1CCC(=O)N1CCN(c2ncnc3c2cnn3C)CC1. The number of aryl methyl sites for hydroxylation is 3. The maximum atomic E-state index is 12.6. The van der Waals surface area contributed by atoms with Crippen molar-refractivity contribution in [3.05, 3.63) is 29.5 Å². The van der Waals surface area contributed by atoms with Gasteiger partial charge in [-0.15, -0.1) is 0 Å². The molecule has 9 nitrogen and oxygen atoms in total. The van der Waals surface area contributed by atoms with Gasteiger partial charge in [0, 0.05) is 45.2 Å². The minimum Gasteiger partial charge on any atom is -0.361 e. The number of fused-ring (bicyclic) bond motifs is 1. The summed E-state index contributed by atoms with van der Waals surface area (Å²) in [6.07, 6.45) is 4.51. The summed E-state index contributed by atoms with van der Waals surface area (Å²) >= 11 is 0. The van der Waals surface area contributed by atoms with Crippen LogP contribution in [0.2, 0.25) is 0 Å². The van der Waals surface area contributed by atoms with Gasteiger partial charge in [0.05, 0.1) is 17.3 Å². The molecule has 0 N–H and O–H groups in total. The fourth-order valence-corrected chi connectivity index (χ4v) is 3.62. The number of hydrogen-bond acceptors (Lipinski definition) is 7. The number of aromatic nitrogens is 5. The lowest BCUT2D eigenvalue weighted by molar-refractivity contribution is -0.131. The summed E-state index contributed by atoms with van der Waals surface area (Å²) in [5.41, 5.74) is 2.73. The van der Waals surface area contributed by atoms with E-state index in [1.807, 2.05) is 25.8 Å². The Morgan fingerprint density at radius 3 is 2.67 bits per heavy atom. The highest BCUT2D eigenvalue weighted by molar-refractivity contribution is 5.86. The Hall–Kier alpha value is -2.97. The Labute approximate surface area is 157 Å². The molecule has 0 saturated carbocycles. The van der Waals surface area contributed by atoms with Crippen molar-refractivity contribution in [2.75, 3.05) is 31.1 Å². The van der Waals surface area contributed by atoms with Crippen LogP contribution < -0.4 is 4.90 Å². The molecule has 0 aliphatic carbocycles. The predicted molar refractivity (Wildman–Crippen MR) is 99.4 cm³/mol. The number of rotatable bonds is 4. The lowest BCUT2D eigenvalue weighted by Gasteiger charge is -2.35. The zero-order valence-electron chi connectivity index (χ0n) is 15.8. The third-order valence-corrected chi connectivity index (χ3v) is 5.21. The number of carbonyl (C=O) groups excluding carboxylic acids is 1. The minimum absolute atomic E-state index is 0.170. The maximum absolute atomic E-state index is 12.6. The molecular weight excluding hydrogens is 346 g/mol. The molecule has 0 aromatic carbocycles. The van der Waals surface area contributed by atoms with Gasteiger partial charge in [-0.2, -0.15) is 5.10 Å². The van der Waals surface area contributed by atoms with Crippen molar-refractivity contribution in [2.24, 2.45) is 7.05 Å². The van der Waals surface area contributed by atoms with Crippen molar-refractivity contribution in [3.63, 3.8) is 0 Å². The summed E-state index contributed by atoms with van der Waals surface area (Å²) in [5, 5.41) is 9.16. The zero-order chi connectivity index (χ0) is 19.0. The summed E-state index contributed by atoms with van der Waals surface area (Å²) in [6, 6.07) is 0. The van der Waals surface area contributed by atoms with E-state index in [2.05, 4.69) is 25.1 Å². The number of nitrogens with zero attached hydrogens (tertiary/aromatic N) is 7. The van der Waals surface area contributed by atoms with E-state index in [0.29, 0.717) is 25.9 Å². The molecule has 1 aliphatic heterocycles. The van der Waals surface area contributed by atoms with Crippen LogP contribution in [0.25, 0.3) is 11.0 Å². The van der Waals surface area contributed by atoms with Gasteiger partial charge in [0.15, 0.2) is 5.65 Å². The average Bonchev–Trinajstić information content (AvgIpc) is 3.22. The third kappa shape index (κ3) is 3.24. The van der Waals surface area contributed by atoms with Gasteiger partial charge in [0.1, 0.15) is 17.9 Å². The second-order valence-electron chi connectivity index (χ2n) is 6.87. The minimum atomic E-state index is 0.170. The van der Waals surface area contributed by atoms with Crippen molar-refractivity contribution < 1.29 is 9.32 Å². The summed E-state index contributed by atoms with van der Waals surface area (Å²) in [4.78, 5) is 25.4. The van der Waals surface area contributed by atoms with Gasteiger partial charge in [0.2, 0.25) is 5.91 Å². The molecule has 1 saturated heterocycles. The van der Waals surface area contributed by atoms with Gasteiger partial charge in [-0.05, 0) is 20.3 Å². The lowest BCUT2D eigenvalue weighted by Crippen LogP contribution is -2.49. The molecule has 1 aliphatic rings. The number of carbonyl (C=O) groups is 1. The molecule has 0 bridgehead atoms. The molecule has 1 amide bonds. The molecule has 1 fully saturated rings. The van der Waals surface area contributed by atoms with Gasteiger partial charge in [-0.25, -0.2) is 9.97 Å². The van der Waals surface area contributed by atoms with E-state index < -0.39 is 0 Å². The molecule has 0 unspecified atom stereocenters. The predicted octanol–water partition coefficient (Wildman–Crippen LogP) is 1.25. The number of piperazine rings is 1. The third-order valence-electron chi connectivity index (χ3n) is 5.21. The van der Waals surface area contributed by atoms with Crippen LogP contribution in [0.4, 0.5) is 5.82 Å². The Morgan fingerprint density at radius 1 is 1.19 bits per heavy atom. The van der Waals surface area contributed by atoms with E-state index in [-0.39, 0.29) is 5.91 Å². The number of anilines is 1. The topological polar surface area (TPSA) is 93.2 Å². The number of hydrogen-bond donors (Lipinski definition) is 0. The van der Waals surface area contributed by atoms with Crippen LogP contribution in [0, 0.1) is 13.8 Å². The van der Waals surface area contributed by atoms with Crippen LogP contribution in [0.1, 0.15) is 23.4 Å². The van der Waals surface area contributed by atoms with Gasteiger partial charge in [-0.1, -0.05) is 5.16 Å². The van der Waals surface area contributed by atoms with Gasteiger partial charge in [-0.3, -0.25) is 9.48 Å². The second kappa shape index (κ2) is 6.98. The highest BCUT2D eigenvalue weighted by atomic mass is 16.5. The second-order valence-corrected chi connectivity index (χ2v) is 6.87. The molecule has 0 spiro atoms. The highest BCUT2D eigenvalue weighted by Crippen LogP contribution is 2.23. The normalized spacial score (nSPS) is 14.9.